The van der Waals surface area contributed by atoms with Crippen LogP contribution in [-0.2, 0) is 13.0 Å². The average molecular weight is 282 g/mol. The molecule has 0 saturated carbocycles. The average Bonchev–Trinajstić information content (AvgIpc) is 2.49. The van der Waals surface area contributed by atoms with Crippen molar-refractivity contribution in [2.24, 2.45) is 0 Å². The lowest BCUT2D eigenvalue weighted by Crippen LogP contribution is -2.36. The quantitative estimate of drug-likeness (QED) is 0.874. The minimum Gasteiger partial charge on any atom is -0.497 e. The highest BCUT2D eigenvalue weighted by Crippen LogP contribution is 2.32. The van der Waals surface area contributed by atoms with Crippen LogP contribution < -0.4 is 15.4 Å². The van der Waals surface area contributed by atoms with Gasteiger partial charge in [0, 0.05) is 30.0 Å². The summed E-state index contributed by atoms with van der Waals surface area (Å²) >= 11 is 0. The molecular weight excluding hydrogens is 260 g/mol. The molecule has 1 unspecified atom stereocenters. The van der Waals surface area contributed by atoms with Crippen LogP contribution in [0, 0.1) is 0 Å². The number of nitrogens with zero attached hydrogens (tertiary/aromatic N) is 1. The molecule has 110 valence electrons. The first-order chi connectivity index (χ1) is 10.2. The fourth-order valence-corrected chi connectivity index (χ4v) is 3.09. The summed E-state index contributed by atoms with van der Waals surface area (Å²) in [4.78, 5) is 2.47. The molecule has 0 bridgehead atoms. The summed E-state index contributed by atoms with van der Waals surface area (Å²) < 4.78 is 5.32. The summed E-state index contributed by atoms with van der Waals surface area (Å²) in [5.74, 6) is 0.822. The number of nitrogens with two attached hydrogens (primary N) is 1. The molecule has 0 saturated heterocycles. The summed E-state index contributed by atoms with van der Waals surface area (Å²) in [5, 5.41) is 0. The van der Waals surface area contributed by atoms with Crippen LogP contribution in [0.15, 0.2) is 42.5 Å². The zero-order valence-electron chi connectivity index (χ0n) is 12.7. The SMILES string of the molecule is COc1cc(N)cc(CN2c3ccccc3CCC2C)c1. The predicted octanol–water partition coefficient (Wildman–Crippen LogP) is 3.62. The fourth-order valence-electron chi connectivity index (χ4n) is 3.09. The van der Waals surface area contributed by atoms with Gasteiger partial charge in [-0.1, -0.05) is 18.2 Å². The highest BCUT2D eigenvalue weighted by molar-refractivity contribution is 5.57. The van der Waals surface area contributed by atoms with E-state index in [1.807, 2.05) is 12.1 Å². The normalized spacial score (nSPS) is 17.4. The molecule has 21 heavy (non-hydrogen) atoms. The van der Waals surface area contributed by atoms with E-state index in [1.165, 1.54) is 23.2 Å². The lowest BCUT2D eigenvalue weighted by atomic mass is 9.96. The Morgan fingerprint density at radius 1 is 1.24 bits per heavy atom. The van der Waals surface area contributed by atoms with Crippen molar-refractivity contribution in [2.75, 3.05) is 17.7 Å². The Bertz CT molecular complexity index is 639. The van der Waals surface area contributed by atoms with Crippen LogP contribution in [0.3, 0.4) is 0 Å². The van der Waals surface area contributed by atoms with Gasteiger partial charge in [0.05, 0.1) is 7.11 Å². The van der Waals surface area contributed by atoms with Crippen molar-refractivity contribution in [1.82, 2.24) is 0 Å². The smallest absolute Gasteiger partial charge is 0.121 e. The first-order valence-corrected chi connectivity index (χ1v) is 7.45. The molecule has 1 aliphatic rings. The maximum Gasteiger partial charge on any atom is 0.121 e. The van der Waals surface area contributed by atoms with E-state index in [0.29, 0.717) is 6.04 Å². The molecule has 3 heteroatoms. The predicted molar refractivity (Wildman–Crippen MR) is 87.8 cm³/mol. The first kappa shape index (κ1) is 13.8. The number of hydrogen-bond acceptors (Lipinski definition) is 3. The number of rotatable bonds is 3. The van der Waals surface area contributed by atoms with Gasteiger partial charge >= 0.3 is 0 Å². The Labute approximate surface area is 126 Å². The number of nitrogen functional groups attached to an aromatic ring is 1. The molecule has 0 radical (unpaired) electrons. The van der Waals surface area contributed by atoms with Gasteiger partial charge < -0.3 is 15.4 Å². The standard InChI is InChI=1S/C18H22N2O/c1-13-7-8-15-5-3-4-6-18(15)20(13)12-14-9-16(19)11-17(10-14)21-2/h3-6,9-11,13H,7-8,12,19H2,1-2H3. The largest absolute Gasteiger partial charge is 0.497 e. The Hall–Kier alpha value is -2.16. The van der Waals surface area contributed by atoms with Gasteiger partial charge in [0.25, 0.3) is 0 Å². The fraction of sp³-hybridized carbons (Fsp3) is 0.333. The van der Waals surface area contributed by atoms with Crippen molar-refractivity contribution in [3.8, 4) is 5.75 Å². The monoisotopic (exact) mass is 282 g/mol. The van der Waals surface area contributed by atoms with Crippen LogP contribution >= 0.6 is 0 Å². The first-order valence-electron chi connectivity index (χ1n) is 7.45. The Balaban J connectivity index is 1.92. The molecule has 3 nitrogen and oxygen atoms in total. The van der Waals surface area contributed by atoms with Crippen molar-refractivity contribution in [2.45, 2.75) is 32.4 Å². The molecule has 0 aliphatic carbocycles. The van der Waals surface area contributed by atoms with Crippen molar-refractivity contribution in [1.29, 1.82) is 0 Å². The molecule has 0 spiro atoms. The molecule has 0 amide bonds. The molecular formula is C18H22N2O. The number of para-hydroxylation sites is 1. The summed E-state index contributed by atoms with van der Waals surface area (Å²) in [5.41, 5.74) is 10.7. The molecule has 1 aliphatic heterocycles. The van der Waals surface area contributed by atoms with Crippen LogP contribution in [0.2, 0.25) is 0 Å². The van der Waals surface area contributed by atoms with Crippen LogP contribution in [0.4, 0.5) is 11.4 Å². The third kappa shape index (κ3) is 2.82. The topological polar surface area (TPSA) is 38.5 Å². The van der Waals surface area contributed by atoms with Gasteiger partial charge in [0.15, 0.2) is 0 Å². The molecule has 2 aromatic rings. The molecule has 3 rings (SSSR count). The van der Waals surface area contributed by atoms with Gasteiger partial charge in [-0.25, -0.2) is 0 Å². The number of aryl methyl sites for hydroxylation is 1. The minimum atomic E-state index is 0.535. The molecule has 1 atom stereocenters. The molecule has 1 heterocycles. The second-order valence-corrected chi connectivity index (χ2v) is 5.76. The van der Waals surface area contributed by atoms with Gasteiger partial charge in [-0.05, 0) is 49.1 Å². The molecule has 0 aromatic heterocycles. The van der Waals surface area contributed by atoms with Gasteiger partial charge in [0.1, 0.15) is 5.75 Å². The summed E-state index contributed by atoms with van der Waals surface area (Å²) in [6.07, 6.45) is 2.35. The number of fused-ring (bicyclic) bond motifs is 1. The van der Waals surface area contributed by atoms with E-state index >= 15 is 0 Å². The van der Waals surface area contributed by atoms with Crippen molar-refractivity contribution < 1.29 is 4.74 Å². The van der Waals surface area contributed by atoms with Gasteiger partial charge in [-0.2, -0.15) is 0 Å². The lowest BCUT2D eigenvalue weighted by molar-refractivity contribution is 0.414. The highest BCUT2D eigenvalue weighted by Gasteiger charge is 2.22. The van der Waals surface area contributed by atoms with E-state index in [2.05, 4.69) is 42.2 Å². The van der Waals surface area contributed by atoms with Crippen LogP contribution in [0.25, 0.3) is 0 Å². The number of ether oxygens (including phenoxy) is 1. The van der Waals surface area contributed by atoms with E-state index in [1.54, 1.807) is 7.11 Å². The Morgan fingerprint density at radius 3 is 2.86 bits per heavy atom. The third-order valence-corrected chi connectivity index (χ3v) is 4.24. The summed E-state index contributed by atoms with van der Waals surface area (Å²) in [7, 11) is 1.68. The van der Waals surface area contributed by atoms with E-state index in [9.17, 15) is 0 Å². The Morgan fingerprint density at radius 2 is 2.05 bits per heavy atom. The van der Waals surface area contributed by atoms with E-state index in [-0.39, 0.29) is 0 Å². The summed E-state index contributed by atoms with van der Waals surface area (Å²) in [6, 6.07) is 15.2. The van der Waals surface area contributed by atoms with Gasteiger partial charge in [-0.3, -0.25) is 0 Å². The lowest BCUT2D eigenvalue weighted by Gasteiger charge is -2.37. The molecule has 0 fully saturated rings. The van der Waals surface area contributed by atoms with Crippen molar-refractivity contribution in [3.63, 3.8) is 0 Å². The minimum absolute atomic E-state index is 0.535. The van der Waals surface area contributed by atoms with Crippen LogP contribution in [0.5, 0.6) is 5.75 Å². The van der Waals surface area contributed by atoms with Crippen molar-refractivity contribution >= 4 is 11.4 Å². The van der Waals surface area contributed by atoms with E-state index in [0.717, 1.165) is 24.4 Å². The van der Waals surface area contributed by atoms with Gasteiger partial charge in [-0.15, -0.1) is 0 Å². The van der Waals surface area contributed by atoms with E-state index in [4.69, 9.17) is 10.5 Å². The maximum atomic E-state index is 5.97. The van der Waals surface area contributed by atoms with Crippen molar-refractivity contribution in [3.05, 3.63) is 53.6 Å². The number of methoxy groups -OCH3 is 1. The highest BCUT2D eigenvalue weighted by atomic mass is 16.5. The third-order valence-electron chi connectivity index (χ3n) is 4.24. The second kappa shape index (κ2) is 5.68. The van der Waals surface area contributed by atoms with Crippen LogP contribution in [-0.4, -0.2) is 13.2 Å². The molecule has 2 aromatic carbocycles. The number of benzene rings is 2. The zero-order valence-corrected chi connectivity index (χ0v) is 12.7. The summed E-state index contributed by atoms with van der Waals surface area (Å²) in [6.45, 7) is 3.15. The zero-order chi connectivity index (χ0) is 14.8. The number of anilines is 2. The van der Waals surface area contributed by atoms with E-state index < -0.39 is 0 Å². The number of hydrogen-bond donors (Lipinski definition) is 1. The Kier molecular flexibility index (Phi) is 3.74. The van der Waals surface area contributed by atoms with Gasteiger partial charge in [0.2, 0.25) is 0 Å². The maximum absolute atomic E-state index is 5.97. The van der Waals surface area contributed by atoms with Crippen LogP contribution in [0.1, 0.15) is 24.5 Å². The molecule has 2 N–H and O–H groups in total. The second-order valence-electron chi connectivity index (χ2n) is 5.76.